The molecule has 0 bridgehead atoms. The van der Waals surface area contributed by atoms with Gasteiger partial charge in [0.25, 0.3) is 0 Å². The molecule has 0 heterocycles. The van der Waals surface area contributed by atoms with Crippen LogP contribution in [0.25, 0.3) is 0 Å². The highest BCUT2D eigenvalue weighted by atomic mass is 79.9. The monoisotopic (exact) mass is 336 g/mol. The van der Waals surface area contributed by atoms with E-state index in [2.05, 4.69) is 67.9 Å². The molecule has 2 rings (SSSR count). The summed E-state index contributed by atoms with van der Waals surface area (Å²) < 4.78 is 0. The molecule has 0 nitrogen and oxygen atoms in total. The van der Waals surface area contributed by atoms with E-state index in [1.54, 1.807) is 0 Å². The topological polar surface area (TPSA) is 0 Å². The molecule has 1 saturated carbocycles. The largest absolute Gasteiger partial charge is 0.0833 e. The summed E-state index contributed by atoms with van der Waals surface area (Å²) >= 11 is 4.00. The molecular weight excluding hydrogens is 308 g/mol. The molecule has 1 aliphatic carbocycles. The Bertz CT molecular complexity index is 424. The smallest absolute Gasteiger partial charge is 0.0448 e. The van der Waals surface area contributed by atoms with Gasteiger partial charge in [0.05, 0.1) is 0 Å². The van der Waals surface area contributed by atoms with Crippen molar-refractivity contribution in [2.45, 2.75) is 76.5 Å². The van der Waals surface area contributed by atoms with Crippen molar-refractivity contribution in [3.63, 3.8) is 0 Å². The first-order valence-corrected chi connectivity index (χ1v) is 9.05. The van der Waals surface area contributed by atoms with Crippen LogP contribution in [0, 0.1) is 5.41 Å². The summed E-state index contributed by atoms with van der Waals surface area (Å²) in [6, 6.07) is 9.34. The van der Waals surface area contributed by atoms with Gasteiger partial charge in [-0.05, 0) is 41.2 Å². The number of halogens is 1. The van der Waals surface area contributed by atoms with Gasteiger partial charge in [-0.25, -0.2) is 0 Å². The van der Waals surface area contributed by atoms with E-state index in [1.807, 2.05) is 0 Å². The Morgan fingerprint density at radius 1 is 1.10 bits per heavy atom. The Kier molecular flexibility index (Phi) is 5.00. The maximum absolute atomic E-state index is 4.00. The zero-order chi connectivity index (χ0) is 14.8. The van der Waals surface area contributed by atoms with Crippen molar-refractivity contribution in [1.29, 1.82) is 0 Å². The molecule has 1 fully saturated rings. The fraction of sp³-hybridized carbons (Fsp3) is 0.684. The average molecular weight is 337 g/mol. The average Bonchev–Trinajstić information content (AvgIpc) is 2.47. The van der Waals surface area contributed by atoms with Crippen molar-refractivity contribution in [1.82, 2.24) is 0 Å². The van der Waals surface area contributed by atoms with Crippen LogP contribution in [0.2, 0.25) is 0 Å². The fourth-order valence-electron chi connectivity index (χ4n) is 3.32. The molecule has 1 heteroatoms. The van der Waals surface area contributed by atoms with E-state index in [9.17, 15) is 0 Å². The molecule has 1 aromatic carbocycles. The SMILES string of the molecule is CCC(C)(C)c1ccc(C(Br)C2(C)CCCCC2)cc1. The lowest BCUT2D eigenvalue weighted by Gasteiger charge is -2.38. The van der Waals surface area contributed by atoms with Crippen LogP contribution in [-0.2, 0) is 5.41 Å². The molecule has 0 aliphatic heterocycles. The Morgan fingerprint density at radius 2 is 1.65 bits per heavy atom. The minimum Gasteiger partial charge on any atom is -0.0833 e. The Morgan fingerprint density at radius 3 is 2.15 bits per heavy atom. The van der Waals surface area contributed by atoms with E-state index in [-0.39, 0.29) is 5.41 Å². The molecule has 0 amide bonds. The lowest BCUT2D eigenvalue weighted by molar-refractivity contribution is 0.213. The van der Waals surface area contributed by atoms with Crippen molar-refractivity contribution in [3.05, 3.63) is 35.4 Å². The van der Waals surface area contributed by atoms with Gasteiger partial charge in [-0.15, -0.1) is 0 Å². The second kappa shape index (κ2) is 6.22. The molecule has 112 valence electrons. The minimum absolute atomic E-state index is 0.287. The van der Waals surface area contributed by atoms with Gasteiger partial charge < -0.3 is 0 Å². The fourth-order valence-corrected chi connectivity index (χ4v) is 4.09. The molecule has 1 aliphatic rings. The van der Waals surface area contributed by atoms with Crippen molar-refractivity contribution < 1.29 is 0 Å². The lowest BCUT2D eigenvalue weighted by atomic mass is 9.71. The van der Waals surface area contributed by atoms with Crippen molar-refractivity contribution >= 4 is 15.9 Å². The van der Waals surface area contributed by atoms with Gasteiger partial charge in [0.2, 0.25) is 0 Å². The van der Waals surface area contributed by atoms with E-state index in [0.29, 0.717) is 10.2 Å². The normalized spacial score (nSPS) is 20.6. The van der Waals surface area contributed by atoms with Crippen LogP contribution in [0.1, 0.15) is 82.2 Å². The summed E-state index contributed by atoms with van der Waals surface area (Å²) in [5.41, 5.74) is 3.62. The standard InChI is InChI=1S/C19H29Br/c1-5-18(2,3)16-11-9-15(10-12-16)17(20)19(4)13-7-6-8-14-19/h9-12,17H,5-8,13-14H2,1-4H3. The predicted octanol–water partition coefficient (Wildman–Crippen LogP) is 6.78. The predicted molar refractivity (Wildman–Crippen MR) is 92.6 cm³/mol. The molecule has 1 aromatic rings. The van der Waals surface area contributed by atoms with Crippen molar-refractivity contribution in [2.24, 2.45) is 5.41 Å². The van der Waals surface area contributed by atoms with Gasteiger partial charge in [-0.2, -0.15) is 0 Å². The maximum Gasteiger partial charge on any atom is 0.0448 e. The molecule has 0 spiro atoms. The highest BCUT2D eigenvalue weighted by Gasteiger charge is 2.34. The highest BCUT2D eigenvalue weighted by molar-refractivity contribution is 9.09. The van der Waals surface area contributed by atoms with E-state index >= 15 is 0 Å². The van der Waals surface area contributed by atoms with Gasteiger partial charge in [-0.1, -0.05) is 87.2 Å². The Labute approximate surface area is 133 Å². The molecule has 1 atom stereocenters. The van der Waals surface area contributed by atoms with Crippen LogP contribution >= 0.6 is 15.9 Å². The van der Waals surface area contributed by atoms with Crippen LogP contribution in [0.15, 0.2) is 24.3 Å². The maximum atomic E-state index is 4.00. The minimum atomic E-state index is 0.287. The number of hydrogen-bond donors (Lipinski definition) is 0. The number of benzene rings is 1. The van der Waals surface area contributed by atoms with Gasteiger partial charge in [-0.3, -0.25) is 0 Å². The molecule has 0 aromatic heterocycles. The van der Waals surface area contributed by atoms with Crippen molar-refractivity contribution in [3.8, 4) is 0 Å². The highest BCUT2D eigenvalue weighted by Crippen LogP contribution is 2.50. The second-order valence-electron chi connectivity index (χ2n) is 7.44. The Balaban J connectivity index is 2.17. The van der Waals surface area contributed by atoms with E-state index < -0.39 is 0 Å². The first-order valence-electron chi connectivity index (χ1n) is 8.13. The number of alkyl halides is 1. The third-order valence-electron chi connectivity index (χ3n) is 5.48. The van der Waals surface area contributed by atoms with E-state index in [0.717, 1.165) is 0 Å². The lowest BCUT2D eigenvalue weighted by Crippen LogP contribution is -2.25. The zero-order valence-corrected chi connectivity index (χ0v) is 15.1. The third kappa shape index (κ3) is 3.30. The van der Waals surface area contributed by atoms with Crippen LogP contribution in [0.4, 0.5) is 0 Å². The Hall–Kier alpha value is -0.300. The summed E-state index contributed by atoms with van der Waals surface area (Å²) in [6.45, 7) is 9.38. The van der Waals surface area contributed by atoms with Crippen molar-refractivity contribution in [2.75, 3.05) is 0 Å². The quantitative estimate of drug-likeness (QED) is 0.531. The summed E-state index contributed by atoms with van der Waals surface area (Å²) in [7, 11) is 0. The van der Waals surface area contributed by atoms with E-state index in [1.165, 1.54) is 49.7 Å². The number of rotatable bonds is 4. The van der Waals surface area contributed by atoms with Crippen LogP contribution < -0.4 is 0 Å². The van der Waals surface area contributed by atoms with Crippen LogP contribution in [-0.4, -0.2) is 0 Å². The summed E-state index contributed by atoms with van der Waals surface area (Å²) in [5, 5.41) is 0. The molecule has 0 saturated heterocycles. The zero-order valence-electron chi connectivity index (χ0n) is 13.5. The summed E-state index contributed by atoms with van der Waals surface area (Å²) in [4.78, 5) is 0.495. The van der Waals surface area contributed by atoms with Crippen LogP contribution in [0.5, 0.6) is 0 Å². The third-order valence-corrected chi connectivity index (χ3v) is 7.11. The number of hydrogen-bond acceptors (Lipinski definition) is 0. The molecule has 0 radical (unpaired) electrons. The summed E-state index contributed by atoms with van der Waals surface area (Å²) in [5.74, 6) is 0. The van der Waals surface area contributed by atoms with E-state index in [4.69, 9.17) is 0 Å². The second-order valence-corrected chi connectivity index (χ2v) is 8.35. The first kappa shape index (κ1) is 16.1. The van der Waals surface area contributed by atoms with Gasteiger partial charge >= 0.3 is 0 Å². The van der Waals surface area contributed by atoms with Gasteiger partial charge in [0.1, 0.15) is 0 Å². The molecule has 0 N–H and O–H groups in total. The molecule has 20 heavy (non-hydrogen) atoms. The van der Waals surface area contributed by atoms with Crippen LogP contribution in [0.3, 0.4) is 0 Å². The van der Waals surface area contributed by atoms with Gasteiger partial charge in [0, 0.05) is 4.83 Å². The first-order chi connectivity index (χ1) is 9.39. The summed E-state index contributed by atoms with van der Waals surface area (Å²) in [6.07, 6.45) is 8.08. The van der Waals surface area contributed by atoms with Gasteiger partial charge in [0.15, 0.2) is 0 Å². The molecule has 1 unspecified atom stereocenters. The molecular formula is C19H29Br.